The molecule has 0 aliphatic heterocycles. The zero-order valence-corrected chi connectivity index (χ0v) is 14.6. The SMILES string of the molecule is COC(=O)c1cccc(S(=O)(=O)Nc2ccnc(N(C)C)n2)c1C. The first-order valence-corrected chi connectivity index (χ1v) is 8.45. The summed E-state index contributed by atoms with van der Waals surface area (Å²) in [6, 6.07) is 5.86. The lowest BCUT2D eigenvalue weighted by Gasteiger charge is -2.14. The molecule has 0 spiro atoms. The van der Waals surface area contributed by atoms with Crippen LogP contribution in [0.15, 0.2) is 35.4 Å². The van der Waals surface area contributed by atoms with Gasteiger partial charge in [-0.15, -0.1) is 0 Å². The molecule has 2 rings (SSSR count). The van der Waals surface area contributed by atoms with Gasteiger partial charge in [0.05, 0.1) is 17.6 Å². The smallest absolute Gasteiger partial charge is 0.338 e. The van der Waals surface area contributed by atoms with E-state index < -0.39 is 16.0 Å². The largest absolute Gasteiger partial charge is 0.465 e. The molecule has 0 unspecified atom stereocenters. The lowest BCUT2D eigenvalue weighted by Crippen LogP contribution is -2.18. The van der Waals surface area contributed by atoms with Crippen molar-refractivity contribution in [1.82, 2.24) is 9.97 Å². The molecule has 1 aromatic carbocycles. The Bertz CT molecular complexity index is 866. The van der Waals surface area contributed by atoms with E-state index in [1.807, 2.05) is 0 Å². The summed E-state index contributed by atoms with van der Waals surface area (Å²) < 4.78 is 32.3. The number of nitrogens with one attached hydrogen (secondary N) is 1. The van der Waals surface area contributed by atoms with Gasteiger partial charge in [0.25, 0.3) is 10.0 Å². The Labute approximate surface area is 140 Å². The number of methoxy groups -OCH3 is 1. The average Bonchev–Trinajstić information content (AvgIpc) is 2.54. The van der Waals surface area contributed by atoms with Crippen LogP contribution in [-0.4, -0.2) is 45.6 Å². The molecule has 128 valence electrons. The first-order valence-electron chi connectivity index (χ1n) is 6.97. The highest BCUT2D eigenvalue weighted by Crippen LogP contribution is 2.22. The van der Waals surface area contributed by atoms with Crippen molar-refractivity contribution in [2.24, 2.45) is 0 Å². The summed E-state index contributed by atoms with van der Waals surface area (Å²) in [5.74, 6) is -0.0896. The predicted molar refractivity (Wildman–Crippen MR) is 89.7 cm³/mol. The summed E-state index contributed by atoms with van der Waals surface area (Å²) in [6.45, 7) is 1.55. The van der Waals surface area contributed by atoms with Gasteiger partial charge < -0.3 is 9.64 Å². The molecule has 1 heterocycles. The Hall–Kier alpha value is -2.68. The highest BCUT2D eigenvalue weighted by Gasteiger charge is 2.22. The second kappa shape index (κ2) is 6.83. The molecule has 0 saturated heterocycles. The molecule has 0 aliphatic rings. The lowest BCUT2D eigenvalue weighted by atomic mass is 10.1. The van der Waals surface area contributed by atoms with Crippen molar-refractivity contribution in [1.29, 1.82) is 0 Å². The quantitative estimate of drug-likeness (QED) is 0.814. The van der Waals surface area contributed by atoms with Gasteiger partial charge in [0.1, 0.15) is 5.82 Å². The van der Waals surface area contributed by atoms with E-state index in [0.29, 0.717) is 11.5 Å². The van der Waals surface area contributed by atoms with Crippen molar-refractivity contribution in [2.75, 3.05) is 30.8 Å². The molecular weight excluding hydrogens is 332 g/mol. The number of ether oxygens (including phenoxy) is 1. The van der Waals surface area contributed by atoms with E-state index in [2.05, 4.69) is 19.4 Å². The predicted octanol–water partition coefficient (Wildman–Crippen LogP) is 1.44. The molecule has 0 atom stereocenters. The van der Waals surface area contributed by atoms with Crippen LogP contribution in [0.5, 0.6) is 0 Å². The van der Waals surface area contributed by atoms with Gasteiger partial charge in [-0.25, -0.2) is 18.2 Å². The molecule has 0 amide bonds. The number of carbonyl (C=O) groups excluding carboxylic acids is 1. The number of carbonyl (C=O) groups is 1. The molecule has 0 saturated carbocycles. The summed E-state index contributed by atoms with van der Waals surface area (Å²) in [7, 11) is 0.819. The molecule has 0 aliphatic carbocycles. The van der Waals surface area contributed by atoms with Gasteiger partial charge >= 0.3 is 5.97 Å². The van der Waals surface area contributed by atoms with Crippen LogP contribution in [0.1, 0.15) is 15.9 Å². The van der Waals surface area contributed by atoms with E-state index in [1.54, 1.807) is 25.9 Å². The Kier molecular flexibility index (Phi) is 5.03. The zero-order chi connectivity index (χ0) is 17.9. The number of benzene rings is 1. The minimum absolute atomic E-state index is 0.0181. The first kappa shape index (κ1) is 17.7. The Morgan fingerprint density at radius 1 is 1.25 bits per heavy atom. The minimum Gasteiger partial charge on any atom is -0.465 e. The first-order chi connectivity index (χ1) is 11.3. The molecule has 2 aromatic rings. The van der Waals surface area contributed by atoms with Gasteiger partial charge in [-0.2, -0.15) is 4.98 Å². The number of esters is 1. The molecule has 8 nitrogen and oxygen atoms in total. The number of rotatable bonds is 5. The molecule has 0 fully saturated rings. The monoisotopic (exact) mass is 350 g/mol. The summed E-state index contributed by atoms with van der Waals surface area (Å²) in [5, 5.41) is 0. The minimum atomic E-state index is -3.92. The van der Waals surface area contributed by atoms with Crippen molar-refractivity contribution < 1.29 is 17.9 Å². The molecule has 1 N–H and O–H groups in total. The topological polar surface area (TPSA) is 101 Å². The third-order valence-electron chi connectivity index (χ3n) is 3.26. The maximum absolute atomic E-state index is 12.6. The number of hydrogen-bond acceptors (Lipinski definition) is 7. The molecule has 0 radical (unpaired) electrons. The highest BCUT2D eigenvalue weighted by atomic mass is 32.2. The van der Waals surface area contributed by atoms with E-state index in [4.69, 9.17) is 0 Å². The van der Waals surface area contributed by atoms with Gasteiger partial charge in [-0.3, -0.25) is 4.72 Å². The van der Waals surface area contributed by atoms with E-state index >= 15 is 0 Å². The fourth-order valence-corrected chi connectivity index (χ4v) is 3.32. The number of sulfonamides is 1. The van der Waals surface area contributed by atoms with E-state index in [9.17, 15) is 13.2 Å². The second-order valence-electron chi connectivity index (χ2n) is 5.16. The van der Waals surface area contributed by atoms with Crippen molar-refractivity contribution in [3.05, 3.63) is 41.6 Å². The fourth-order valence-electron chi connectivity index (χ4n) is 2.05. The van der Waals surface area contributed by atoms with Crippen LogP contribution < -0.4 is 9.62 Å². The van der Waals surface area contributed by atoms with Crippen molar-refractivity contribution >= 4 is 27.8 Å². The van der Waals surface area contributed by atoms with E-state index in [1.165, 1.54) is 37.6 Å². The van der Waals surface area contributed by atoms with Gasteiger partial charge in [-0.05, 0) is 30.7 Å². The summed E-state index contributed by atoms with van der Waals surface area (Å²) in [4.78, 5) is 21.5. The summed E-state index contributed by atoms with van der Waals surface area (Å²) >= 11 is 0. The van der Waals surface area contributed by atoms with Crippen LogP contribution in [0.2, 0.25) is 0 Å². The molecule has 0 bridgehead atoms. The van der Waals surface area contributed by atoms with Crippen LogP contribution in [0, 0.1) is 6.92 Å². The van der Waals surface area contributed by atoms with Crippen LogP contribution in [0.4, 0.5) is 11.8 Å². The Morgan fingerprint density at radius 3 is 2.58 bits per heavy atom. The second-order valence-corrected chi connectivity index (χ2v) is 6.81. The molecule has 24 heavy (non-hydrogen) atoms. The third kappa shape index (κ3) is 3.62. The Balaban J connectivity index is 2.41. The van der Waals surface area contributed by atoms with Gasteiger partial charge in [0, 0.05) is 20.3 Å². The van der Waals surface area contributed by atoms with E-state index in [0.717, 1.165) is 0 Å². The van der Waals surface area contributed by atoms with Crippen molar-refractivity contribution in [2.45, 2.75) is 11.8 Å². The molecule has 1 aromatic heterocycles. The lowest BCUT2D eigenvalue weighted by molar-refractivity contribution is 0.0599. The number of nitrogens with zero attached hydrogens (tertiary/aromatic N) is 3. The van der Waals surface area contributed by atoms with Gasteiger partial charge in [-0.1, -0.05) is 6.07 Å². The highest BCUT2D eigenvalue weighted by molar-refractivity contribution is 7.92. The standard InChI is InChI=1S/C15H18N4O4S/c1-10-11(14(20)23-4)6-5-7-12(10)24(21,22)18-13-8-9-16-15(17-13)19(2)3/h5-9H,1-4H3,(H,16,17,18). The molecular formula is C15H18N4O4S. The van der Waals surface area contributed by atoms with Crippen LogP contribution >= 0.6 is 0 Å². The Morgan fingerprint density at radius 2 is 1.96 bits per heavy atom. The van der Waals surface area contributed by atoms with E-state index in [-0.39, 0.29) is 16.3 Å². The fraction of sp³-hybridized carbons (Fsp3) is 0.267. The number of hydrogen-bond donors (Lipinski definition) is 1. The van der Waals surface area contributed by atoms with Crippen LogP contribution in [0.3, 0.4) is 0 Å². The average molecular weight is 350 g/mol. The summed E-state index contributed by atoms with van der Waals surface area (Å²) in [5.41, 5.74) is 0.496. The number of aromatic nitrogens is 2. The van der Waals surface area contributed by atoms with Gasteiger partial charge in [0.15, 0.2) is 0 Å². The van der Waals surface area contributed by atoms with Gasteiger partial charge in [0.2, 0.25) is 5.95 Å². The maximum atomic E-state index is 12.6. The normalized spacial score (nSPS) is 11.0. The third-order valence-corrected chi connectivity index (χ3v) is 4.76. The molecule has 9 heteroatoms. The van der Waals surface area contributed by atoms with Crippen molar-refractivity contribution in [3.8, 4) is 0 Å². The van der Waals surface area contributed by atoms with Crippen LogP contribution in [-0.2, 0) is 14.8 Å². The zero-order valence-electron chi connectivity index (χ0n) is 13.8. The summed E-state index contributed by atoms with van der Waals surface area (Å²) in [6.07, 6.45) is 1.46. The van der Waals surface area contributed by atoms with Crippen LogP contribution in [0.25, 0.3) is 0 Å². The maximum Gasteiger partial charge on any atom is 0.338 e. The number of anilines is 2. The van der Waals surface area contributed by atoms with Crippen molar-refractivity contribution in [3.63, 3.8) is 0 Å².